The Balaban J connectivity index is 2.11. The summed E-state index contributed by atoms with van der Waals surface area (Å²) >= 11 is 5.80. The van der Waals surface area contributed by atoms with Crippen LogP contribution in [0.4, 0.5) is 5.69 Å². The second-order valence-corrected chi connectivity index (χ2v) is 5.48. The van der Waals surface area contributed by atoms with Gasteiger partial charge in [-0.1, -0.05) is 23.7 Å². The monoisotopic (exact) mass is 358 g/mol. The van der Waals surface area contributed by atoms with Crippen molar-refractivity contribution in [1.29, 1.82) is 0 Å². The van der Waals surface area contributed by atoms with Crippen molar-refractivity contribution in [2.45, 2.75) is 6.92 Å². The number of nitrogens with two attached hydrogens (primary N) is 1. The van der Waals surface area contributed by atoms with Gasteiger partial charge in [-0.25, -0.2) is 5.43 Å². The SMILES string of the molecule is CC(=NNC(=O)C(N)=O)c1cccc(NC(=O)c2ccc(Cl)cc2)c1. The third-order valence-corrected chi connectivity index (χ3v) is 3.45. The summed E-state index contributed by atoms with van der Waals surface area (Å²) in [4.78, 5) is 34.0. The lowest BCUT2D eigenvalue weighted by Gasteiger charge is -2.08. The average molecular weight is 359 g/mol. The number of hydrazone groups is 1. The van der Waals surface area contributed by atoms with Gasteiger partial charge in [0.05, 0.1) is 5.71 Å². The number of primary amides is 1. The summed E-state index contributed by atoms with van der Waals surface area (Å²) < 4.78 is 0. The van der Waals surface area contributed by atoms with E-state index in [9.17, 15) is 14.4 Å². The number of hydrogen-bond donors (Lipinski definition) is 3. The van der Waals surface area contributed by atoms with E-state index in [0.29, 0.717) is 27.5 Å². The van der Waals surface area contributed by atoms with E-state index in [1.165, 1.54) is 0 Å². The molecule has 7 nitrogen and oxygen atoms in total. The number of nitrogens with zero attached hydrogens (tertiary/aromatic N) is 1. The maximum absolute atomic E-state index is 12.2. The lowest BCUT2D eigenvalue weighted by atomic mass is 10.1. The van der Waals surface area contributed by atoms with Gasteiger partial charge in [-0.05, 0) is 48.9 Å². The minimum absolute atomic E-state index is 0.287. The predicted molar refractivity (Wildman–Crippen MR) is 95.4 cm³/mol. The van der Waals surface area contributed by atoms with Crippen LogP contribution in [0.25, 0.3) is 0 Å². The Labute approximate surface area is 148 Å². The number of halogens is 1. The fraction of sp³-hybridized carbons (Fsp3) is 0.0588. The first-order valence-corrected chi connectivity index (χ1v) is 7.56. The summed E-state index contributed by atoms with van der Waals surface area (Å²) in [7, 11) is 0. The van der Waals surface area contributed by atoms with Crippen molar-refractivity contribution in [3.8, 4) is 0 Å². The summed E-state index contributed by atoms with van der Waals surface area (Å²) in [6.07, 6.45) is 0. The first-order chi connectivity index (χ1) is 11.9. The largest absolute Gasteiger partial charge is 0.361 e. The number of carbonyl (C=O) groups excluding carboxylic acids is 3. The lowest BCUT2D eigenvalue weighted by molar-refractivity contribution is -0.137. The number of anilines is 1. The quantitative estimate of drug-likeness (QED) is 0.440. The molecule has 25 heavy (non-hydrogen) atoms. The molecule has 0 aliphatic rings. The summed E-state index contributed by atoms with van der Waals surface area (Å²) in [5, 5.41) is 7.09. The smallest absolute Gasteiger partial charge is 0.329 e. The van der Waals surface area contributed by atoms with E-state index in [1.54, 1.807) is 55.5 Å². The minimum atomic E-state index is -1.12. The number of hydrogen-bond acceptors (Lipinski definition) is 4. The van der Waals surface area contributed by atoms with Crippen molar-refractivity contribution >= 4 is 40.7 Å². The molecule has 0 spiro atoms. The molecular weight excluding hydrogens is 344 g/mol. The molecule has 4 N–H and O–H groups in total. The Morgan fingerprint density at radius 3 is 2.36 bits per heavy atom. The highest BCUT2D eigenvalue weighted by Crippen LogP contribution is 2.15. The molecule has 2 rings (SSSR count). The van der Waals surface area contributed by atoms with Crippen LogP contribution in [0.5, 0.6) is 0 Å². The molecule has 0 heterocycles. The molecular formula is C17H15ClN4O3. The number of carbonyl (C=O) groups is 3. The van der Waals surface area contributed by atoms with E-state index in [1.807, 2.05) is 5.43 Å². The zero-order chi connectivity index (χ0) is 18.4. The van der Waals surface area contributed by atoms with Crippen molar-refractivity contribution in [3.63, 3.8) is 0 Å². The van der Waals surface area contributed by atoms with Gasteiger partial charge in [0.1, 0.15) is 0 Å². The first kappa shape index (κ1) is 18.2. The van der Waals surface area contributed by atoms with Crippen LogP contribution in [-0.2, 0) is 9.59 Å². The van der Waals surface area contributed by atoms with Crippen molar-refractivity contribution in [2.75, 3.05) is 5.32 Å². The molecule has 0 aromatic heterocycles. The van der Waals surface area contributed by atoms with Gasteiger partial charge in [-0.3, -0.25) is 14.4 Å². The van der Waals surface area contributed by atoms with Gasteiger partial charge in [-0.2, -0.15) is 5.10 Å². The second-order valence-electron chi connectivity index (χ2n) is 5.04. The molecule has 0 radical (unpaired) electrons. The molecule has 2 aromatic carbocycles. The highest BCUT2D eigenvalue weighted by Gasteiger charge is 2.09. The Hall–Kier alpha value is -3.19. The van der Waals surface area contributed by atoms with Gasteiger partial charge in [0, 0.05) is 16.3 Å². The normalized spacial score (nSPS) is 10.9. The standard InChI is InChI=1S/C17H15ClN4O3/c1-10(21-22-17(25)15(19)23)12-3-2-4-14(9-12)20-16(24)11-5-7-13(18)8-6-11/h2-9H,1H3,(H2,19,23)(H,20,24)(H,22,25). The van der Waals surface area contributed by atoms with Crippen LogP contribution in [0.15, 0.2) is 53.6 Å². The summed E-state index contributed by atoms with van der Waals surface area (Å²) in [5.41, 5.74) is 8.98. The van der Waals surface area contributed by atoms with Crippen molar-refractivity contribution in [1.82, 2.24) is 5.43 Å². The summed E-state index contributed by atoms with van der Waals surface area (Å²) in [6.45, 7) is 1.64. The molecule has 0 bridgehead atoms. The van der Waals surface area contributed by atoms with Gasteiger partial charge >= 0.3 is 11.8 Å². The van der Waals surface area contributed by atoms with E-state index in [0.717, 1.165) is 0 Å². The lowest BCUT2D eigenvalue weighted by Crippen LogP contribution is -2.33. The third kappa shape index (κ3) is 5.15. The van der Waals surface area contributed by atoms with E-state index in [2.05, 4.69) is 10.4 Å². The number of amides is 3. The Morgan fingerprint density at radius 2 is 1.72 bits per heavy atom. The van der Waals surface area contributed by atoms with Crippen LogP contribution in [-0.4, -0.2) is 23.4 Å². The van der Waals surface area contributed by atoms with Crippen LogP contribution >= 0.6 is 11.6 Å². The minimum Gasteiger partial charge on any atom is -0.361 e. The Morgan fingerprint density at radius 1 is 1.04 bits per heavy atom. The first-order valence-electron chi connectivity index (χ1n) is 7.18. The molecule has 0 aliphatic heterocycles. The zero-order valence-corrected chi connectivity index (χ0v) is 14.0. The zero-order valence-electron chi connectivity index (χ0n) is 13.2. The number of rotatable bonds is 4. The van der Waals surface area contributed by atoms with Gasteiger partial charge in [0.25, 0.3) is 5.91 Å². The van der Waals surface area contributed by atoms with Crippen LogP contribution in [0.2, 0.25) is 5.02 Å². The molecule has 0 atom stereocenters. The van der Waals surface area contributed by atoms with Crippen molar-refractivity contribution in [2.24, 2.45) is 10.8 Å². The molecule has 0 saturated carbocycles. The molecule has 0 unspecified atom stereocenters. The topological polar surface area (TPSA) is 114 Å². The molecule has 0 aliphatic carbocycles. The van der Waals surface area contributed by atoms with Crippen molar-refractivity contribution in [3.05, 3.63) is 64.7 Å². The highest BCUT2D eigenvalue weighted by molar-refractivity contribution is 6.34. The summed E-state index contributed by atoms with van der Waals surface area (Å²) in [6, 6.07) is 13.4. The fourth-order valence-corrected chi connectivity index (χ4v) is 2.01. The van der Waals surface area contributed by atoms with E-state index in [-0.39, 0.29) is 5.91 Å². The average Bonchev–Trinajstić information content (AvgIpc) is 2.60. The van der Waals surface area contributed by atoms with Gasteiger partial charge < -0.3 is 11.1 Å². The van der Waals surface area contributed by atoms with Crippen LogP contribution in [0.3, 0.4) is 0 Å². The second kappa shape index (κ2) is 8.07. The maximum atomic E-state index is 12.2. The Bertz CT molecular complexity index is 847. The van der Waals surface area contributed by atoms with Gasteiger partial charge in [0.15, 0.2) is 0 Å². The fourth-order valence-electron chi connectivity index (χ4n) is 1.88. The molecule has 2 aromatic rings. The molecule has 3 amide bonds. The predicted octanol–water partition coefficient (Wildman–Crippen LogP) is 1.92. The van der Waals surface area contributed by atoms with Crippen LogP contribution in [0.1, 0.15) is 22.8 Å². The van der Waals surface area contributed by atoms with Crippen molar-refractivity contribution < 1.29 is 14.4 Å². The summed E-state index contributed by atoms with van der Waals surface area (Å²) in [5.74, 6) is -2.42. The van der Waals surface area contributed by atoms with E-state index >= 15 is 0 Å². The number of nitrogens with one attached hydrogen (secondary N) is 2. The van der Waals surface area contributed by atoms with Gasteiger partial charge in [-0.15, -0.1) is 0 Å². The van der Waals surface area contributed by atoms with Crippen LogP contribution < -0.4 is 16.5 Å². The number of benzene rings is 2. The van der Waals surface area contributed by atoms with Gasteiger partial charge in [0.2, 0.25) is 0 Å². The van der Waals surface area contributed by atoms with E-state index < -0.39 is 11.8 Å². The maximum Gasteiger partial charge on any atom is 0.329 e. The van der Waals surface area contributed by atoms with E-state index in [4.69, 9.17) is 17.3 Å². The molecule has 128 valence electrons. The Kier molecular flexibility index (Phi) is 5.86. The molecule has 0 saturated heterocycles. The highest BCUT2D eigenvalue weighted by atomic mass is 35.5. The molecule has 8 heteroatoms. The molecule has 0 fully saturated rings. The van der Waals surface area contributed by atoms with Crippen LogP contribution in [0, 0.1) is 0 Å². The third-order valence-electron chi connectivity index (χ3n) is 3.19.